The predicted octanol–water partition coefficient (Wildman–Crippen LogP) is 6.40. The Kier molecular flexibility index (Phi) is 8.83. The minimum atomic E-state index is -0.624. The van der Waals surface area contributed by atoms with E-state index in [1.54, 1.807) is 6.07 Å². The molecule has 4 nitrogen and oxygen atoms in total. The van der Waals surface area contributed by atoms with Crippen molar-refractivity contribution in [2.24, 2.45) is 5.92 Å². The Morgan fingerprint density at radius 3 is 2.47 bits per heavy atom. The van der Waals surface area contributed by atoms with Crippen LogP contribution in [0.4, 0.5) is 8.78 Å². The molecule has 0 aliphatic carbocycles. The van der Waals surface area contributed by atoms with Crippen molar-refractivity contribution in [1.29, 1.82) is 0 Å². The maximum atomic E-state index is 13.9. The molecule has 38 heavy (non-hydrogen) atoms. The van der Waals surface area contributed by atoms with Crippen LogP contribution in [0.1, 0.15) is 66.7 Å². The Hall–Kier alpha value is -3.25. The standard InChI is InChI=1S/C32H38F2N2O2/c1-5-22-7-6-8-23(13-22)20-35-19-21(2)29(16-24-14-27(33)18-28(34)15-24)36-31(37)26-10-9-25-11-12-32(3,4)38-30(25)17-26/h6-10,13-15,17-18,21,29,35H,5,11-12,16,19-20H2,1-4H3,(H,36,37)/t21-,29+/m1/s1. The summed E-state index contributed by atoms with van der Waals surface area (Å²) in [6.07, 6.45) is 3.11. The van der Waals surface area contributed by atoms with Gasteiger partial charge in [0.05, 0.1) is 0 Å². The van der Waals surface area contributed by atoms with Crippen molar-refractivity contribution in [1.82, 2.24) is 10.6 Å². The number of hydrogen-bond donors (Lipinski definition) is 2. The summed E-state index contributed by atoms with van der Waals surface area (Å²) in [5.41, 5.74) is 4.31. The molecule has 6 heteroatoms. The summed E-state index contributed by atoms with van der Waals surface area (Å²) in [6, 6.07) is 17.2. The Labute approximate surface area is 224 Å². The molecule has 1 amide bonds. The molecule has 0 fully saturated rings. The van der Waals surface area contributed by atoms with Crippen LogP contribution in [0.5, 0.6) is 5.75 Å². The van der Waals surface area contributed by atoms with Crippen molar-refractivity contribution in [3.8, 4) is 5.75 Å². The third-order valence-electron chi connectivity index (χ3n) is 7.29. The van der Waals surface area contributed by atoms with E-state index in [4.69, 9.17) is 4.74 Å². The molecule has 1 aliphatic rings. The molecule has 0 bridgehead atoms. The fourth-order valence-corrected chi connectivity index (χ4v) is 4.96. The summed E-state index contributed by atoms with van der Waals surface area (Å²) in [5, 5.41) is 6.62. The molecule has 2 N–H and O–H groups in total. The maximum absolute atomic E-state index is 13.9. The Balaban J connectivity index is 1.48. The number of hydrogen-bond acceptors (Lipinski definition) is 3. The van der Waals surface area contributed by atoms with E-state index in [1.165, 1.54) is 23.3 Å². The van der Waals surface area contributed by atoms with E-state index in [0.29, 0.717) is 30.6 Å². The first-order valence-electron chi connectivity index (χ1n) is 13.5. The van der Waals surface area contributed by atoms with Crippen LogP contribution in [-0.4, -0.2) is 24.1 Å². The molecule has 2 atom stereocenters. The first kappa shape index (κ1) is 27.8. The molecule has 1 aliphatic heterocycles. The zero-order valence-corrected chi connectivity index (χ0v) is 22.7. The predicted molar refractivity (Wildman–Crippen MR) is 147 cm³/mol. The second-order valence-electron chi connectivity index (χ2n) is 11.0. The lowest BCUT2D eigenvalue weighted by atomic mass is 9.92. The summed E-state index contributed by atoms with van der Waals surface area (Å²) >= 11 is 0. The highest BCUT2D eigenvalue weighted by Gasteiger charge is 2.28. The minimum Gasteiger partial charge on any atom is -0.488 e. The molecule has 0 unspecified atom stereocenters. The SMILES string of the molecule is CCc1cccc(CNC[C@@H](C)[C@H](Cc2cc(F)cc(F)c2)NC(=O)c2ccc3c(c2)OC(C)(C)CC3)c1. The molecule has 1 heterocycles. The van der Waals surface area contributed by atoms with E-state index in [0.717, 1.165) is 36.6 Å². The number of amides is 1. The van der Waals surface area contributed by atoms with Crippen molar-refractivity contribution in [3.63, 3.8) is 0 Å². The van der Waals surface area contributed by atoms with E-state index in [2.05, 4.69) is 41.8 Å². The molecule has 0 saturated carbocycles. The summed E-state index contributed by atoms with van der Waals surface area (Å²) in [7, 11) is 0. The van der Waals surface area contributed by atoms with E-state index >= 15 is 0 Å². The van der Waals surface area contributed by atoms with Gasteiger partial charge in [-0.3, -0.25) is 4.79 Å². The highest BCUT2D eigenvalue weighted by molar-refractivity contribution is 5.95. The van der Waals surface area contributed by atoms with Gasteiger partial charge in [-0.2, -0.15) is 0 Å². The van der Waals surface area contributed by atoms with Crippen LogP contribution in [0.2, 0.25) is 0 Å². The van der Waals surface area contributed by atoms with E-state index in [9.17, 15) is 13.6 Å². The number of aryl methyl sites for hydroxylation is 2. The van der Waals surface area contributed by atoms with Gasteiger partial charge in [0, 0.05) is 24.2 Å². The van der Waals surface area contributed by atoms with Crippen molar-refractivity contribution in [2.75, 3.05) is 6.54 Å². The zero-order chi connectivity index (χ0) is 27.3. The number of nitrogens with one attached hydrogen (secondary N) is 2. The highest BCUT2D eigenvalue weighted by Crippen LogP contribution is 2.33. The van der Waals surface area contributed by atoms with Gasteiger partial charge < -0.3 is 15.4 Å². The summed E-state index contributed by atoms with van der Waals surface area (Å²) in [5.74, 6) is -0.750. The number of ether oxygens (including phenoxy) is 1. The fourth-order valence-electron chi connectivity index (χ4n) is 4.96. The topological polar surface area (TPSA) is 50.4 Å². The van der Waals surface area contributed by atoms with E-state index in [1.807, 2.05) is 32.9 Å². The Morgan fingerprint density at radius 2 is 1.74 bits per heavy atom. The average molecular weight is 521 g/mol. The van der Waals surface area contributed by atoms with Crippen LogP contribution >= 0.6 is 0 Å². The van der Waals surface area contributed by atoms with Gasteiger partial charge in [-0.25, -0.2) is 8.78 Å². The van der Waals surface area contributed by atoms with Crippen LogP contribution in [0.25, 0.3) is 0 Å². The van der Waals surface area contributed by atoms with Crippen LogP contribution in [0.3, 0.4) is 0 Å². The number of halogens is 2. The number of rotatable bonds is 10. The second kappa shape index (κ2) is 12.1. The Bertz CT molecular complexity index is 1250. The molecule has 0 aromatic heterocycles. The third kappa shape index (κ3) is 7.41. The molecule has 4 rings (SSSR count). The van der Waals surface area contributed by atoms with Crippen LogP contribution in [0.15, 0.2) is 60.7 Å². The normalized spacial score (nSPS) is 15.7. The van der Waals surface area contributed by atoms with Gasteiger partial charge in [-0.05, 0) is 98.5 Å². The van der Waals surface area contributed by atoms with Gasteiger partial charge in [0.1, 0.15) is 23.0 Å². The first-order chi connectivity index (χ1) is 18.1. The number of carbonyl (C=O) groups excluding carboxylic acids is 1. The van der Waals surface area contributed by atoms with Gasteiger partial charge in [-0.1, -0.05) is 44.2 Å². The first-order valence-corrected chi connectivity index (χ1v) is 13.5. The molecule has 202 valence electrons. The largest absolute Gasteiger partial charge is 0.488 e. The lowest BCUT2D eigenvalue weighted by molar-refractivity contribution is 0.0833. The summed E-state index contributed by atoms with van der Waals surface area (Å²) in [4.78, 5) is 13.4. The van der Waals surface area contributed by atoms with Crippen LogP contribution < -0.4 is 15.4 Å². The van der Waals surface area contributed by atoms with Gasteiger partial charge in [-0.15, -0.1) is 0 Å². The monoisotopic (exact) mass is 520 g/mol. The number of benzene rings is 3. The van der Waals surface area contributed by atoms with Gasteiger partial charge in [0.25, 0.3) is 5.91 Å². The molecule has 0 spiro atoms. The smallest absolute Gasteiger partial charge is 0.251 e. The lowest BCUT2D eigenvalue weighted by Gasteiger charge is -2.33. The number of fused-ring (bicyclic) bond motifs is 1. The minimum absolute atomic E-state index is 0.00699. The van der Waals surface area contributed by atoms with E-state index in [-0.39, 0.29) is 23.5 Å². The maximum Gasteiger partial charge on any atom is 0.251 e. The van der Waals surface area contributed by atoms with Crippen molar-refractivity contribution < 1.29 is 18.3 Å². The highest BCUT2D eigenvalue weighted by atomic mass is 19.1. The molecule has 0 radical (unpaired) electrons. The zero-order valence-electron chi connectivity index (χ0n) is 22.7. The lowest BCUT2D eigenvalue weighted by Crippen LogP contribution is -2.44. The van der Waals surface area contributed by atoms with Gasteiger partial charge in [0.2, 0.25) is 0 Å². The molecular weight excluding hydrogens is 482 g/mol. The molecular formula is C32H38F2N2O2. The molecule has 3 aromatic rings. The van der Waals surface area contributed by atoms with Crippen LogP contribution in [0, 0.1) is 17.6 Å². The van der Waals surface area contributed by atoms with Crippen molar-refractivity contribution >= 4 is 5.91 Å². The average Bonchev–Trinajstić information content (AvgIpc) is 2.86. The summed E-state index contributed by atoms with van der Waals surface area (Å²) < 4.78 is 34.0. The van der Waals surface area contributed by atoms with Gasteiger partial charge >= 0.3 is 0 Å². The van der Waals surface area contributed by atoms with Crippen LogP contribution in [-0.2, 0) is 25.8 Å². The van der Waals surface area contributed by atoms with E-state index < -0.39 is 11.6 Å². The molecule has 3 aromatic carbocycles. The second-order valence-corrected chi connectivity index (χ2v) is 11.0. The Morgan fingerprint density at radius 1 is 1.00 bits per heavy atom. The quantitative estimate of drug-likeness (QED) is 0.325. The third-order valence-corrected chi connectivity index (χ3v) is 7.29. The summed E-state index contributed by atoms with van der Waals surface area (Å²) in [6.45, 7) is 9.58. The van der Waals surface area contributed by atoms with Crippen molar-refractivity contribution in [3.05, 3.63) is 100 Å². The molecule has 0 saturated heterocycles. The fraction of sp³-hybridized carbons (Fsp3) is 0.406. The number of carbonyl (C=O) groups is 1. The van der Waals surface area contributed by atoms with Crippen molar-refractivity contribution in [2.45, 2.75) is 71.6 Å². The van der Waals surface area contributed by atoms with Gasteiger partial charge in [0.15, 0.2) is 0 Å².